The fraction of sp³-hybridized carbons (Fsp3) is 0.889. The predicted octanol–water partition coefficient (Wildman–Crippen LogP) is -0.565. The molecule has 0 aromatic heterocycles. The second kappa shape index (κ2) is 4.58. The zero-order valence-electron chi connectivity index (χ0n) is 8.29. The predicted molar refractivity (Wildman–Crippen MR) is 50.3 cm³/mol. The van der Waals surface area contributed by atoms with Gasteiger partial charge in [-0.1, -0.05) is 13.8 Å². The number of carbonyl (C=O) groups excluding carboxylic acids is 1. The van der Waals surface area contributed by atoms with E-state index in [2.05, 4.69) is 5.32 Å². The molecule has 0 aliphatic carbocycles. The van der Waals surface area contributed by atoms with Crippen molar-refractivity contribution in [3.05, 3.63) is 0 Å². The third-order valence-corrected chi connectivity index (χ3v) is 2.30. The van der Waals surface area contributed by atoms with Gasteiger partial charge in [-0.15, -0.1) is 0 Å². The van der Waals surface area contributed by atoms with Gasteiger partial charge in [0.2, 0.25) is 5.91 Å². The quantitative estimate of drug-likeness (QED) is 0.618. The van der Waals surface area contributed by atoms with E-state index in [1.807, 2.05) is 13.8 Å². The first-order valence-corrected chi connectivity index (χ1v) is 4.82. The number of rotatable bonds is 4. The summed E-state index contributed by atoms with van der Waals surface area (Å²) in [5.41, 5.74) is 0. The molecule has 2 N–H and O–H groups in total. The van der Waals surface area contributed by atoms with Crippen molar-refractivity contribution in [1.82, 2.24) is 10.2 Å². The molecule has 4 heteroatoms. The van der Waals surface area contributed by atoms with E-state index < -0.39 is 0 Å². The number of nitrogens with one attached hydrogen (secondary N) is 1. The maximum atomic E-state index is 11.6. The van der Waals surface area contributed by atoms with E-state index in [1.165, 1.54) is 0 Å². The molecule has 0 bridgehead atoms. The highest BCUT2D eigenvalue weighted by molar-refractivity contribution is 5.79. The molecule has 0 saturated carbocycles. The van der Waals surface area contributed by atoms with Crippen molar-refractivity contribution >= 4 is 5.91 Å². The summed E-state index contributed by atoms with van der Waals surface area (Å²) in [7, 11) is 0. The molecule has 1 amide bonds. The molecule has 76 valence electrons. The van der Waals surface area contributed by atoms with Crippen LogP contribution in [0.1, 0.15) is 13.8 Å². The number of β-amino-alcohol motifs (C(OH)–C–C–N with tert-alkyl or cyclic N) is 1. The molecule has 4 nitrogen and oxygen atoms in total. The monoisotopic (exact) mass is 186 g/mol. The number of carbonyl (C=O) groups is 1. The minimum atomic E-state index is -0.296. The maximum Gasteiger partial charge on any atom is 0.226 e. The summed E-state index contributed by atoms with van der Waals surface area (Å²) in [5.74, 6) is 0.165. The van der Waals surface area contributed by atoms with Crippen LogP contribution in [-0.2, 0) is 4.79 Å². The Bertz CT molecular complexity index is 178. The van der Waals surface area contributed by atoms with Gasteiger partial charge >= 0.3 is 0 Å². The Labute approximate surface area is 78.9 Å². The van der Waals surface area contributed by atoms with Gasteiger partial charge in [0.15, 0.2) is 0 Å². The van der Waals surface area contributed by atoms with Crippen LogP contribution in [0, 0.1) is 5.92 Å². The van der Waals surface area contributed by atoms with Gasteiger partial charge in [0, 0.05) is 25.6 Å². The molecule has 13 heavy (non-hydrogen) atoms. The number of likely N-dealkylation sites (tertiary alicyclic amines) is 1. The van der Waals surface area contributed by atoms with Gasteiger partial charge < -0.3 is 15.3 Å². The molecule has 1 saturated heterocycles. The van der Waals surface area contributed by atoms with Crippen LogP contribution in [0.15, 0.2) is 0 Å². The highest BCUT2D eigenvalue weighted by Crippen LogP contribution is 2.11. The molecule has 1 aliphatic rings. The van der Waals surface area contributed by atoms with Gasteiger partial charge in [-0.25, -0.2) is 0 Å². The van der Waals surface area contributed by atoms with Crippen LogP contribution in [0.4, 0.5) is 0 Å². The van der Waals surface area contributed by atoms with Crippen LogP contribution in [0.5, 0.6) is 0 Å². The molecule has 1 aliphatic heterocycles. The van der Waals surface area contributed by atoms with Crippen LogP contribution >= 0.6 is 0 Å². The lowest BCUT2D eigenvalue weighted by atomic mass is 10.1. The molecule has 1 atom stereocenters. The number of nitrogens with zero attached hydrogens (tertiary/aromatic N) is 1. The van der Waals surface area contributed by atoms with Crippen LogP contribution in [-0.4, -0.2) is 48.2 Å². The van der Waals surface area contributed by atoms with Crippen molar-refractivity contribution in [2.75, 3.05) is 26.2 Å². The largest absolute Gasteiger partial charge is 0.389 e. The summed E-state index contributed by atoms with van der Waals surface area (Å²) in [5, 5.41) is 12.1. The van der Waals surface area contributed by atoms with Gasteiger partial charge in [-0.2, -0.15) is 0 Å². The van der Waals surface area contributed by atoms with Crippen LogP contribution in [0.2, 0.25) is 0 Å². The summed E-state index contributed by atoms with van der Waals surface area (Å²) >= 11 is 0. The van der Waals surface area contributed by atoms with E-state index in [1.54, 1.807) is 4.90 Å². The van der Waals surface area contributed by atoms with E-state index in [0.29, 0.717) is 13.1 Å². The second-order valence-corrected chi connectivity index (χ2v) is 3.61. The Morgan fingerprint density at radius 1 is 1.69 bits per heavy atom. The van der Waals surface area contributed by atoms with Crippen molar-refractivity contribution in [3.63, 3.8) is 0 Å². The molecule has 0 spiro atoms. The molecule has 1 rings (SSSR count). The first-order chi connectivity index (χ1) is 6.15. The fourth-order valence-electron chi connectivity index (χ4n) is 1.40. The molecule has 1 unspecified atom stereocenters. The van der Waals surface area contributed by atoms with E-state index in [0.717, 1.165) is 13.1 Å². The third kappa shape index (κ3) is 2.67. The Balaban J connectivity index is 2.22. The highest BCUT2D eigenvalue weighted by Gasteiger charge is 2.30. The standard InChI is InChI=1S/C9H18N2O2/c1-3-10-4-7(2)9(13)11-5-8(12)6-11/h7-8,10,12H,3-6H2,1-2H3. The molecular formula is C9H18N2O2. The summed E-state index contributed by atoms with van der Waals surface area (Å²) in [6, 6.07) is 0. The first-order valence-electron chi connectivity index (χ1n) is 4.82. The van der Waals surface area contributed by atoms with Crippen molar-refractivity contribution in [2.45, 2.75) is 20.0 Å². The average molecular weight is 186 g/mol. The highest BCUT2D eigenvalue weighted by atomic mass is 16.3. The topological polar surface area (TPSA) is 52.6 Å². The SMILES string of the molecule is CCNCC(C)C(=O)N1CC(O)C1. The smallest absolute Gasteiger partial charge is 0.226 e. The summed E-state index contributed by atoms with van der Waals surface area (Å²) in [6.07, 6.45) is -0.296. The van der Waals surface area contributed by atoms with Gasteiger partial charge in [0.25, 0.3) is 0 Å². The van der Waals surface area contributed by atoms with Gasteiger partial charge in [-0.3, -0.25) is 4.79 Å². The molecule has 1 heterocycles. The Kier molecular flexibility index (Phi) is 3.69. The van der Waals surface area contributed by atoms with Gasteiger partial charge in [0.05, 0.1) is 6.10 Å². The summed E-state index contributed by atoms with van der Waals surface area (Å²) in [4.78, 5) is 13.3. The minimum absolute atomic E-state index is 0.0208. The van der Waals surface area contributed by atoms with Gasteiger partial charge in [-0.05, 0) is 6.54 Å². The lowest BCUT2D eigenvalue weighted by molar-refractivity contribution is -0.145. The number of hydrogen-bond acceptors (Lipinski definition) is 3. The Hall–Kier alpha value is -0.610. The van der Waals surface area contributed by atoms with Crippen molar-refractivity contribution in [3.8, 4) is 0 Å². The van der Waals surface area contributed by atoms with E-state index in [4.69, 9.17) is 5.11 Å². The molecule has 0 radical (unpaired) electrons. The number of aliphatic hydroxyl groups excluding tert-OH is 1. The lowest BCUT2D eigenvalue weighted by Gasteiger charge is -2.37. The molecular weight excluding hydrogens is 168 g/mol. The van der Waals surface area contributed by atoms with Crippen LogP contribution in [0.25, 0.3) is 0 Å². The van der Waals surface area contributed by atoms with Crippen molar-refractivity contribution in [1.29, 1.82) is 0 Å². The number of aliphatic hydroxyl groups is 1. The summed E-state index contributed by atoms with van der Waals surface area (Å²) in [6.45, 7) is 6.56. The van der Waals surface area contributed by atoms with E-state index in [9.17, 15) is 4.79 Å². The van der Waals surface area contributed by atoms with Crippen LogP contribution < -0.4 is 5.32 Å². The van der Waals surface area contributed by atoms with Crippen molar-refractivity contribution < 1.29 is 9.90 Å². The average Bonchev–Trinajstić information content (AvgIpc) is 2.07. The van der Waals surface area contributed by atoms with E-state index >= 15 is 0 Å². The number of amides is 1. The van der Waals surface area contributed by atoms with Crippen LogP contribution in [0.3, 0.4) is 0 Å². The maximum absolute atomic E-state index is 11.6. The van der Waals surface area contributed by atoms with Crippen molar-refractivity contribution in [2.24, 2.45) is 5.92 Å². The molecule has 0 aromatic carbocycles. The molecule has 0 aromatic rings. The van der Waals surface area contributed by atoms with E-state index in [-0.39, 0.29) is 17.9 Å². The third-order valence-electron chi connectivity index (χ3n) is 2.30. The first kappa shape index (κ1) is 10.5. The zero-order valence-corrected chi connectivity index (χ0v) is 8.29. The number of hydrogen-bond donors (Lipinski definition) is 2. The Morgan fingerprint density at radius 3 is 2.77 bits per heavy atom. The lowest BCUT2D eigenvalue weighted by Crippen LogP contribution is -2.55. The minimum Gasteiger partial charge on any atom is -0.389 e. The normalized spacial score (nSPS) is 19.8. The van der Waals surface area contributed by atoms with Gasteiger partial charge in [0.1, 0.15) is 0 Å². The Morgan fingerprint density at radius 2 is 2.31 bits per heavy atom. The summed E-state index contributed by atoms with van der Waals surface area (Å²) < 4.78 is 0. The fourth-order valence-corrected chi connectivity index (χ4v) is 1.40. The molecule has 1 fully saturated rings. The second-order valence-electron chi connectivity index (χ2n) is 3.61. The zero-order chi connectivity index (χ0) is 9.84.